The van der Waals surface area contributed by atoms with Gasteiger partial charge in [0, 0.05) is 25.9 Å². The van der Waals surface area contributed by atoms with Crippen molar-refractivity contribution in [1.29, 1.82) is 0 Å². The van der Waals surface area contributed by atoms with Gasteiger partial charge in [0.25, 0.3) is 5.91 Å². The molecule has 1 aliphatic carbocycles. The summed E-state index contributed by atoms with van der Waals surface area (Å²) in [6.45, 7) is 0.586. The number of benzene rings is 1. The summed E-state index contributed by atoms with van der Waals surface area (Å²) >= 11 is 0. The Hall–Kier alpha value is -2.65. The van der Waals surface area contributed by atoms with Gasteiger partial charge >= 0.3 is 0 Å². The second-order valence-corrected chi connectivity index (χ2v) is 9.89. The number of pyridine rings is 1. The van der Waals surface area contributed by atoms with Crippen LogP contribution in [0, 0.1) is 5.92 Å². The van der Waals surface area contributed by atoms with Gasteiger partial charge < -0.3 is 14.8 Å². The SMILES string of the molecule is COc1ccc(C(=O)Nc2ncccc2OCC2CCCCC2)cc1S(=O)(=O)N(C)C. The van der Waals surface area contributed by atoms with Gasteiger partial charge in [0.1, 0.15) is 10.6 Å². The van der Waals surface area contributed by atoms with E-state index in [1.807, 2.05) is 0 Å². The van der Waals surface area contributed by atoms with Crippen molar-refractivity contribution in [2.24, 2.45) is 5.92 Å². The average Bonchev–Trinajstić information content (AvgIpc) is 2.78. The van der Waals surface area contributed by atoms with Crippen LogP contribution in [-0.2, 0) is 10.0 Å². The van der Waals surface area contributed by atoms with Crippen LogP contribution in [0.5, 0.6) is 11.5 Å². The van der Waals surface area contributed by atoms with Crippen LogP contribution in [0.1, 0.15) is 42.5 Å². The number of carbonyl (C=O) groups excluding carboxylic acids is 1. The maximum Gasteiger partial charge on any atom is 0.256 e. The van der Waals surface area contributed by atoms with Crippen LogP contribution < -0.4 is 14.8 Å². The molecule has 0 aliphatic heterocycles. The number of ether oxygens (including phenoxy) is 2. The summed E-state index contributed by atoms with van der Waals surface area (Å²) in [5.74, 6) is 0.990. The highest BCUT2D eigenvalue weighted by atomic mass is 32.2. The molecule has 1 aliphatic rings. The third-order valence-corrected chi connectivity index (χ3v) is 7.22. The number of hydrogen-bond donors (Lipinski definition) is 1. The number of amides is 1. The zero-order valence-corrected chi connectivity index (χ0v) is 18.9. The molecule has 168 valence electrons. The Morgan fingerprint density at radius 3 is 2.58 bits per heavy atom. The Bertz CT molecular complexity index is 1020. The number of aromatic nitrogens is 1. The summed E-state index contributed by atoms with van der Waals surface area (Å²) in [6.07, 6.45) is 7.59. The molecule has 8 nitrogen and oxygen atoms in total. The molecule has 0 atom stereocenters. The Morgan fingerprint density at radius 1 is 1.16 bits per heavy atom. The van der Waals surface area contributed by atoms with Crippen molar-refractivity contribution in [2.75, 3.05) is 33.1 Å². The van der Waals surface area contributed by atoms with E-state index >= 15 is 0 Å². The number of rotatable bonds is 8. The van der Waals surface area contributed by atoms with E-state index in [4.69, 9.17) is 9.47 Å². The number of nitrogens with zero attached hydrogens (tertiary/aromatic N) is 2. The molecule has 2 aromatic rings. The van der Waals surface area contributed by atoms with Crippen LogP contribution in [0.15, 0.2) is 41.4 Å². The van der Waals surface area contributed by atoms with E-state index in [-0.39, 0.29) is 16.2 Å². The lowest BCUT2D eigenvalue weighted by Crippen LogP contribution is -2.23. The predicted molar refractivity (Wildman–Crippen MR) is 118 cm³/mol. The first-order valence-corrected chi connectivity index (χ1v) is 11.8. The molecule has 0 saturated heterocycles. The molecule has 1 heterocycles. The van der Waals surface area contributed by atoms with Crippen molar-refractivity contribution in [2.45, 2.75) is 37.0 Å². The second kappa shape index (κ2) is 10.1. The second-order valence-electron chi connectivity index (χ2n) is 7.77. The molecule has 1 amide bonds. The van der Waals surface area contributed by atoms with Gasteiger partial charge in [-0.2, -0.15) is 0 Å². The molecular formula is C22H29N3O5S. The lowest BCUT2D eigenvalue weighted by Gasteiger charge is -2.22. The standard InChI is InChI=1S/C22H29N3O5S/c1-25(2)31(27,28)20-14-17(11-12-18(20)29-3)22(26)24-21-19(10-7-13-23-21)30-15-16-8-5-4-6-9-16/h7,10-14,16H,4-6,8-9,15H2,1-3H3,(H,23,24,26). The van der Waals surface area contributed by atoms with Gasteiger partial charge in [0.15, 0.2) is 11.6 Å². The van der Waals surface area contributed by atoms with Gasteiger partial charge in [-0.05, 0) is 49.1 Å². The maximum absolute atomic E-state index is 12.9. The minimum atomic E-state index is -3.79. The van der Waals surface area contributed by atoms with E-state index in [9.17, 15) is 13.2 Å². The number of sulfonamides is 1. The first-order chi connectivity index (χ1) is 14.8. The lowest BCUT2D eigenvalue weighted by molar-refractivity contribution is 0.102. The highest BCUT2D eigenvalue weighted by molar-refractivity contribution is 7.89. The van der Waals surface area contributed by atoms with Crippen molar-refractivity contribution in [1.82, 2.24) is 9.29 Å². The molecule has 1 N–H and O–H groups in total. The van der Waals surface area contributed by atoms with Crippen LogP contribution in [0.3, 0.4) is 0 Å². The molecule has 1 saturated carbocycles. The Morgan fingerprint density at radius 2 is 1.90 bits per heavy atom. The summed E-state index contributed by atoms with van der Waals surface area (Å²) in [5.41, 5.74) is 0.171. The molecule has 0 bridgehead atoms. The van der Waals surface area contributed by atoms with Gasteiger partial charge in [-0.15, -0.1) is 0 Å². The largest absolute Gasteiger partial charge is 0.495 e. The average molecular weight is 448 g/mol. The number of carbonyl (C=O) groups is 1. The first kappa shape index (κ1) is 23.0. The molecule has 1 aromatic carbocycles. The van der Waals surface area contributed by atoms with Crippen LogP contribution in [0.25, 0.3) is 0 Å². The fraction of sp³-hybridized carbons (Fsp3) is 0.455. The molecule has 1 fully saturated rings. The van der Waals surface area contributed by atoms with Crippen molar-refractivity contribution in [3.05, 3.63) is 42.1 Å². The fourth-order valence-electron chi connectivity index (χ4n) is 3.56. The summed E-state index contributed by atoms with van der Waals surface area (Å²) in [6, 6.07) is 7.79. The van der Waals surface area contributed by atoms with Gasteiger partial charge in [0.05, 0.1) is 13.7 Å². The smallest absolute Gasteiger partial charge is 0.256 e. The summed E-state index contributed by atoms with van der Waals surface area (Å²) in [7, 11) is 0.437. The maximum atomic E-state index is 12.9. The van der Waals surface area contributed by atoms with Gasteiger partial charge in [-0.1, -0.05) is 19.3 Å². The van der Waals surface area contributed by atoms with Crippen molar-refractivity contribution in [3.63, 3.8) is 0 Å². The zero-order chi connectivity index (χ0) is 22.4. The van der Waals surface area contributed by atoms with Crippen molar-refractivity contribution < 1.29 is 22.7 Å². The minimum Gasteiger partial charge on any atom is -0.495 e. The third-order valence-electron chi connectivity index (χ3n) is 5.39. The van der Waals surface area contributed by atoms with E-state index < -0.39 is 15.9 Å². The first-order valence-electron chi connectivity index (χ1n) is 10.3. The monoisotopic (exact) mass is 447 g/mol. The minimum absolute atomic E-state index is 0.0811. The van der Waals surface area contributed by atoms with Crippen LogP contribution >= 0.6 is 0 Å². The Labute approximate surface area is 183 Å². The van der Waals surface area contributed by atoms with Crippen LogP contribution in [0.2, 0.25) is 0 Å². The fourth-order valence-corrected chi connectivity index (χ4v) is 4.63. The normalized spacial score (nSPS) is 15.0. The summed E-state index contributed by atoms with van der Waals surface area (Å²) < 4.78 is 37.4. The van der Waals surface area contributed by atoms with Gasteiger partial charge in [-0.25, -0.2) is 17.7 Å². The highest BCUT2D eigenvalue weighted by Crippen LogP contribution is 2.29. The quantitative estimate of drug-likeness (QED) is 0.665. The Balaban J connectivity index is 1.79. The molecule has 1 aromatic heterocycles. The van der Waals surface area contributed by atoms with Gasteiger partial charge in [0.2, 0.25) is 10.0 Å². The topological polar surface area (TPSA) is 97.8 Å². The zero-order valence-electron chi connectivity index (χ0n) is 18.1. The Kier molecular flexibility index (Phi) is 7.50. The molecule has 0 radical (unpaired) electrons. The summed E-state index contributed by atoms with van der Waals surface area (Å²) in [5, 5.41) is 2.74. The highest BCUT2D eigenvalue weighted by Gasteiger charge is 2.24. The third kappa shape index (κ3) is 5.54. The molecule has 0 spiro atoms. The van der Waals surface area contributed by atoms with E-state index in [0.717, 1.165) is 17.1 Å². The summed E-state index contributed by atoms with van der Waals surface area (Å²) in [4.78, 5) is 17.0. The van der Waals surface area contributed by atoms with Gasteiger partial charge in [-0.3, -0.25) is 4.79 Å². The predicted octanol–water partition coefficient (Wildman–Crippen LogP) is 3.55. The number of methoxy groups -OCH3 is 1. The van der Waals surface area contributed by atoms with Crippen molar-refractivity contribution >= 4 is 21.7 Å². The molecule has 9 heteroatoms. The van der Waals surface area contributed by atoms with E-state index in [2.05, 4.69) is 10.3 Å². The van der Waals surface area contributed by atoms with E-state index in [0.29, 0.717) is 24.1 Å². The molecule has 0 unspecified atom stereocenters. The molecule has 3 rings (SSSR count). The number of hydrogen-bond acceptors (Lipinski definition) is 6. The van der Waals surface area contributed by atoms with Crippen LogP contribution in [-0.4, -0.2) is 51.4 Å². The number of anilines is 1. The van der Waals surface area contributed by atoms with E-state index in [1.54, 1.807) is 18.3 Å². The molecular weight excluding hydrogens is 418 g/mol. The van der Waals surface area contributed by atoms with Crippen molar-refractivity contribution in [3.8, 4) is 11.5 Å². The lowest BCUT2D eigenvalue weighted by atomic mass is 9.90. The van der Waals surface area contributed by atoms with E-state index in [1.165, 1.54) is 58.7 Å². The molecule has 31 heavy (non-hydrogen) atoms. The number of nitrogens with one attached hydrogen (secondary N) is 1. The van der Waals surface area contributed by atoms with Crippen LogP contribution in [0.4, 0.5) is 5.82 Å².